The number of likely N-dealkylation sites (tertiary alicyclic amines) is 1. The molecule has 1 saturated carbocycles. The quantitative estimate of drug-likeness (QED) is 0.421. The zero-order valence-electron chi connectivity index (χ0n) is 20.6. The zero-order valence-corrected chi connectivity index (χ0v) is 20.6. The van der Waals surface area contributed by atoms with E-state index in [9.17, 15) is 9.59 Å². The lowest BCUT2D eigenvalue weighted by atomic mass is 9.89. The summed E-state index contributed by atoms with van der Waals surface area (Å²) in [6.07, 6.45) is 11.9. The van der Waals surface area contributed by atoms with Crippen LogP contribution in [0.3, 0.4) is 0 Å². The molecule has 1 atom stereocenters. The van der Waals surface area contributed by atoms with Crippen LogP contribution in [0.4, 0.5) is 10.6 Å². The highest BCUT2D eigenvalue weighted by Crippen LogP contribution is 2.28. The Labute approximate surface area is 198 Å². The van der Waals surface area contributed by atoms with E-state index in [4.69, 9.17) is 9.47 Å². The molecule has 0 spiro atoms. The molecule has 33 heavy (non-hydrogen) atoms. The van der Waals surface area contributed by atoms with Gasteiger partial charge in [0.25, 0.3) is 0 Å². The molecule has 0 bridgehead atoms. The molecule has 182 valence electrons. The lowest BCUT2D eigenvalue weighted by Crippen LogP contribution is -2.45. The minimum Gasteiger partial charge on any atom is -0.463 e. The van der Waals surface area contributed by atoms with Gasteiger partial charge in [-0.15, -0.1) is 0 Å². The van der Waals surface area contributed by atoms with Crippen LogP contribution in [-0.4, -0.2) is 59.8 Å². The highest BCUT2D eigenvalue weighted by Gasteiger charge is 2.35. The molecule has 7 heteroatoms. The van der Waals surface area contributed by atoms with Crippen LogP contribution in [-0.2, 0) is 14.3 Å². The fourth-order valence-corrected chi connectivity index (χ4v) is 4.66. The molecule has 7 nitrogen and oxygen atoms in total. The minimum absolute atomic E-state index is 0.0249. The van der Waals surface area contributed by atoms with Crippen molar-refractivity contribution in [1.29, 1.82) is 0 Å². The summed E-state index contributed by atoms with van der Waals surface area (Å²) in [5.74, 6) is 0.957. The number of anilines is 1. The normalized spacial score (nSPS) is 20.2. The third-order valence-corrected chi connectivity index (χ3v) is 6.16. The molecule has 0 N–H and O–H groups in total. The van der Waals surface area contributed by atoms with E-state index in [1.807, 2.05) is 32.9 Å². The summed E-state index contributed by atoms with van der Waals surface area (Å²) in [5.41, 5.74) is 0.180. The number of ether oxygens (including phenoxy) is 2. The Morgan fingerprint density at radius 3 is 2.58 bits per heavy atom. The lowest BCUT2D eigenvalue weighted by molar-refractivity contribution is -0.137. The number of aromatic nitrogens is 1. The van der Waals surface area contributed by atoms with E-state index in [2.05, 4.69) is 9.88 Å². The maximum absolute atomic E-state index is 13.2. The van der Waals surface area contributed by atoms with Crippen LogP contribution in [0.1, 0.15) is 71.8 Å². The maximum Gasteiger partial charge on any atom is 0.416 e. The Morgan fingerprint density at radius 2 is 1.94 bits per heavy atom. The van der Waals surface area contributed by atoms with Crippen molar-refractivity contribution in [3.8, 4) is 0 Å². The second-order valence-electron chi connectivity index (χ2n) is 10.1. The molecule has 1 aromatic rings. The number of rotatable bonds is 7. The number of carbonyl (C=O) groups excluding carboxylic acids is 2. The number of pyridine rings is 1. The summed E-state index contributed by atoms with van der Waals surface area (Å²) in [4.78, 5) is 33.5. The number of esters is 1. The van der Waals surface area contributed by atoms with Gasteiger partial charge in [0.15, 0.2) is 0 Å². The van der Waals surface area contributed by atoms with Gasteiger partial charge in [0.2, 0.25) is 0 Å². The molecule has 1 saturated heterocycles. The fourth-order valence-electron chi connectivity index (χ4n) is 4.66. The van der Waals surface area contributed by atoms with Crippen molar-refractivity contribution in [2.75, 3.05) is 31.1 Å². The van der Waals surface area contributed by atoms with Gasteiger partial charge in [-0.3, -0.25) is 4.90 Å². The van der Waals surface area contributed by atoms with E-state index in [1.54, 1.807) is 24.1 Å². The van der Waals surface area contributed by atoms with Crippen LogP contribution in [0, 0.1) is 5.92 Å². The number of hydrogen-bond donors (Lipinski definition) is 0. The largest absolute Gasteiger partial charge is 0.463 e. The summed E-state index contributed by atoms with van der Waals surface area (Å²) < 4.78 is 10.7. The predicted molar refractivity (Wildman–Crippen MR) is 130 cm³/mol. The van der Waals surface area contributed by atoms with Crippen molar-refractivity contribution in [1.82, 2.24) is 9.88 Å². The fraction of sp³-hybridized carbons (Fsp3) is 0.654. The van der Waals surface area contributed by atoms with E-state index >= 15 is 0 Å². The van der Waals surface area contributed by atoms with E-state index in [0.29, 0.717) is 12.4 Å². The molecule has 1 amide bonds. The highest BCUT2D eigenvalue weighted by molar-refractivity contribution is 5.88. The minimum atomic E-state index is -0.585. The Hall–Kier alpha value is -2.41. The van der Waals surface area contributed by atoms with Gasteiger partial charge in [0.05, 0.1) is 12.6 Å². The first-order chi connectivity index (χ1) is 15.7. The summed E-state index contributed by atoms with van der Waals surface area (Å²) in [5, 5.41) is 0. The molecule has 2 aliphatic rings. The number of carbonyl (C=O) groups is 2. The van der Waals surface area contributed by atoms with E-state index in [-0.39, 0.29) is 18.1 Å². The summed E-state index contributed by atoms with van der Waals surface area (Å²) in [6, 6.07) is 3.69. The van der Waals surface area contributed by atoms with Crippen LogP contribution in [0.15, 0.2) is 24.4 Å². The van der Waals surface area contributed by atoms with Crippen molar-refractivity contribution >= 4 is 24.0 Å². The summed E-state index contributed by atoms with van der Waals surface area (Å²) in [7, 11) is 0. The topological polar surface area (TPSA) is 72.0 Å². The van der Waals surface area contributed by atoms with E-state index in [1.165, 1.54) is 38.2 Å². The Balaban J connectivity index is 1.71. The van der Waals surface area contributed by atoms with Crippen molar-refractivity contribution in [2.24, 2.45) is 5.92 Å². The average molecular weight is 458 g/mol. The summed E-state index contributed by atoms with van der Waals surface area (Å²) in [6.45, 7) is 10.7. The van der Waals surface area contributed by atoms with Gasteiger partial charge >= 0.3 is 12.1 Å². The molecule has 3 rings (SSSR count). The SMILES string of the molecule is CCOC(=O)/C=C/c1ccc(N(C(=O)OC(C)(C)C)[C@@H]2CCN(CC3CCCCC3)C2)nc1. The summed E-state index contributed by atoms with van der Waals surface area (Å²) >= 11 is 0. The monoisotopic (exact) mass is 457 g/mol. The second kappa shape index (κ2) is 11.6. The van der Waals surface area contributed by atoms with E-state index < -0.39 is 5.60 Å². The van der Waals surface area contributed by atoms with Gasteiger partial charge in [0, 0.05) is 31.9 Å². The van der Waals surface area contributed by atoms with Gasteiger partial charge in [-0.05, 0) is 76.6 Å². The number of nitrogens with zero attached hydrogens (tertiary/aromatic N) is 3. The van der Waals surface area contributed by atoms with E-state index in [0.717, 1.165) is 37.5 Å². The predicted octanol–water partition coefficient (Wildman–Crippen LogP) is 5.05. The van der Waals surface area contributed by atoms with Gasteiger partial charge < -0.3 is 14.4 Å². The molecule has 0 unspecified atom stereocenters. The standard InChI is InChI=1S/C26H39N3O4/c1-5-32-24(30)14-12-20-11-13-23(27-17-20)29(25(31)33-26(2,3)4)22-15-16-28(19-22)18-21-9-7-6-8-10-21/h11-14,17,21-22H,5-10,15-16,18-19H2,1-4H3/b14-12+/t22-/m1/s1. The Morgan fingerprint density at radius 1 is 1.18 bits per heavy atom. The van der Waals surface area contributed by atoms with Crippen LogP contribution in [0.5, 0.6) is 0 Å². The molecular formula is C26H39N3O4. The van der Waals surface area contributed by atoms with Crippen LogP contribution >= 0.6 is 0 Å². The van der Waals surface area contributed by atoms with Gasteiger partial charge in [-0.2, -0.15) is 0 Å². The van der Waals surface area contributed by atoms with Gasteiger partial charge in [-0.1, -0.05) is 19.3 Å². The molecule has 1 aliphatic carbocycles. The number of amides is 1. The second-order valence-corrected chi connectivity index (χ2v) is 10.1. The molecule has 0 radical (unpaired) electrons. The first kappa shape index (κ1) is 25.2. The molecule has 1 aliphatic heterocycles. The van der Waals surface area contributed by atoms with Gasteiger partial charge in [0.1, 0.15) is 11.4 Å². The van der Waals surface area contributed by atoms with Crippen LogP contribution < -0.4 is 4.90 Å². The Bertz CT molecular complexity index is 810. The van der Waals surface area contributed by atoms with Crippen molar-refractivity contribution in [2.45, 2.75) is 77.9 Å². The molecule has 2 heterocycles. The van der Waals surface area contributed by atoms with Crippen LogP contribution in [0.25, 0.3) is 6.08 Å². The third kappa shape index (κ3) is 7.84. The first-order valence-electron chi connectivity index (χ1n) is 12.3. The average Bonchev–Trinajstić information content (AvgIpc) is 3.21. The third-order valence-electron chi connectivity index (χ3n) is 6.16. The maximum atomic E-state index is 13.2. The van der Waals surface area contributed by atoms with Crippen LogP contribution in [0.2, 0.25) is 0 Å². The van der Waals surface area contributed by atoms with Crippen molar-refractivity contribution in [3.05, 3.63) is 30.0 Å². The highest BCUT2D eigenvalue weighted by atomic mass is 16.6. The number of hydrogen-bond acceptors (Lipinski definition) is 6. The smallest absolute Gasteiger partial charge is 0.416 e. The Kier molecular flexibility index (Phi) is 8.89. The first-order valence-corrected chi connectivity index (χ1v) is 12.3. The zero-order chi connectivity index (χ0) is 23.8. The molecule has 0 aromatic carbocycles. The molecule has 2 fully saturated rings. The van der Waals surface area contributed by atoms with Gasteiger partial charge in [-0.25, -0.2) is 14.6 Å². The molecule has 1 aromatic heterocycles. The van der Waals surface area contributed by atoms with Crippen molar-refractivity contribution < 1.29 is 19.1 Å². The lowest BCUT2D eigenvalue weighted by Gasteiger charge is -2.31. The van der Waals surface area contributed by atoms with Crippen molar-refractivity contribution in [3.63, 3.8) is 0 Å². The molecular weight excluding hydrogens is 418 g/mol.